The topological polar surface area (TPSA) is 92.6 Å². The van der Waals surface area contributed by atoms with Gasteiger partial charge in [-0.25, -0.2) is 0 Å². The molecule has 0 unspecified atom stereocenters. The Kier molecular flexibility index (Phi) is 4.16. The minimum atomic E-state index is -0.119. The van der Waals surface area contributed by atoms with E-state index < -0.39 is 0 Å². The van der Waals surface area contributed by atoms with Gasteiger partial charge in [-0.15, -0.1) is 10.2 Å². The van der Waals surface area contributed by atoms with E-state index in [1.54, 1.807) is 12.4 Å². The number of aryl methyl sites for hydroxylation is 1. The summed E-state index contributed by atoms with van der Waals surface area (Å²) in [7, 11) is 0. The first-order valence-corrected chi connectivity index (χ1v) is 9.47. The number of carbonyl (C=O) groups is 1. The predicted molar refractivity (Wildman–Crippen MR) is 106 cm³/mol. The van der Waals surface area contributed by atoms with Crippen LogP contribution in [0.1, 0.15) is 34.2 Å². The number of aromatic nitrogens is 6. The minimum Gasteiger partial charge on any atom is -0.328 e. The third kappa shape index (κ3) is 3.08. The number of hydrogen-bond acceptors (Lipinski definition) is 5. The van der Waals surface area contributed by atoms with Gasteiger partial charge in [0, 0.05) is 12.1 Å². The van der Waals surface area contributed by atoms with Crippen molar-refractivity contribution in [2.75, 3.05) is 6.54 Å². The van der Waals surface area contributed by atoms with E-state index in [1.807, 2.05) is 60.4 Å². The zero-order valence-corrected chi connectivity index (χ0v) is 15.9. The van der Waals surface area contributed by atoms with Crippen LogP contribution < -0.4 is 0 Å². The van der Waals surface area contributed by atoms with Crippen LogP contribution in [0.3, 0.4) is 0 Å². The highest BCUT2D eigenvalue weighted by Crippen LogP contribution is 2.34. The lowest BCUT2D eigenvalue weighted by Crippen LogP contribution is -2.46. The molecule has 0 saturated carbocycles. The second kappa shape index (κ2) is 6.97. The standard InChI is InChI=1S/C21H19N7O/c1-14-7-8-17(28-22-10-11-23-28)16(13-14)21(29)27-12-9-18(27)20-24-19(25-26-20)15-5-3-2-4-6-15/h2-8,10-11,13,18H,9,12H2,1H3,(H,24,25,26)/t18-/m0/s1. The van der Waals surface area contributed by atoms with Crippen molar-refractivity contribution in [3.63, 3.8) is 0 Å². The Morgan fingerprint density at radius 2 is 1.86 bits per heavy atom. The average Bonchev–Trinajstić information content (AvgIpc) is 3.40. The third-order valence-corrected chi connectivity index (χ3v) is 5.16. The van der Waals surface area contributed by atoms with Gasteiger partial charge in [-0.1, -0.05) is 42.0 Å². The van der Waals surface area contributed by atoms with E-state index in [1.165, 1.54) is 4.80 Å². The molecule has 3 heterocycles. The van der Waals surface area contributed by atoms with Gasteiger partial charge in [0.25, 0.3) is 5.91 Å². The largest absolute Gasteiger partial charge is 0.328 e. The zero-order valence-electron chi connectivity index (χ0n) is 15.9. The van der Waals surface area contributed by atoms with Gasteiger partial charge in [-0.05, 0) is 25.5 Å². The van der Waals surface area contributed by atoms with Gasteiger partial charge < -0.3 is 9.88 Å². The van der Waals surface area contributed by atoms with Crippen LogP contribution in [0.2, 0.25) is 0 Å². The van der Waals surface area contributed by atoms with Crippen molar-refractivity contribution in [3.8, 4) is 17.1 Å². The monoisotopic (exact) mass is 385 g/mol. The number of benzene rings is 2. The fourth-order valence-electron chi connectivity index (χ4n) is 3.56. The summed E-state index contributed by atoms with van der Waals surface area (Å²) in [5.41, 5.74) is 3.22. The highest BCUT2D eigenvalue weighted by molar-refractivity contribution is 5.98. The van der Waals surface area contributed by atoms with E-state index in [0.717, 1.165) is 17.5 Å². The molecule has 144 valence electrons. The SMILES string of the molecule is Cc1ccc(-n2nccn2)c(C(=O)N2CC[C@H]2c2nnc(-c3ccccc3)[nH]2)c1. The lowest BCUT2D eigenvalue weighted by molar-refractivity contribution is 0.0441. The molecule has 4 aromatic rings. The summed E-state index contributed by atoms with van der Waals surface area (Å²) in [5.74, 6) is 1.35. The van der Waals surface area contributed by atoms with Crippen LogP contribution in [-0.2, 0) is 0 Å². The Labute approximate surface area is 167 Å². The number of aromatic amines is 1. The van der Waals surface area contributed by atoms with Crippen LogP contribution in [0.4, 0.5) is 0 Å². The van der Waals surface area contributed by atoms with E-state index in [9.17, 15) is 4.79 Å². The van der Waals surface area contributed by atoms with E-state index in [-0.39, 0.29) is 11.9 Å². The van der Waals surface area contributed by atoms with E-state index >= 15 is 0 Å². The second-order valence-electron chi connectivity index (χ2n) is 7.07. The maximum absolute atomic E-state index is 13.4. The van der Waals surface area contributed by atoms with Gasteiger partial charge in [-0.3, -0.25) is 4.79 Å². The number of nitrogens with one attached hydrogen (secondary N) is 1. The van der Waals surface area contributed by atoms with Crippen molar-refractivity contribution in [2.24, 2.45) is 0 Å². The molecule has 1 saturated heterocycles. The Hall–Kier alpha value is -3.81. The fourth-order valence-corrected chi connectivity index (χ4v) is 3.56. The molecule has 1 aliphatic heterocycles. The first-order valence-electron chi connectivity index (χ1n) is 9.47. The molecule has 2 aromatic carbocycles. The van der Waals surface area contributed by atoms with Gasteiger partial charge in [0.1, 0.15) is 0 Å². The summed E-state index contributed by atoms with van der Waals surface area (Å²) < 4.78 is 0. The molecule has 0 spiro atoms. The summed E-state index contributed by atoms with van der Waals surface area (Å²) in [6.45, 7) is 2.64. The maximum Gasteiger partial charge on any atom is 0.256 e. The molecule has 0 bridgehead atoms. The molecule has 1 amide bonds. The Morgan fingerprint density at radius 3 is 2.59 bits per heavy atom. The number of rotatable bonds is 4. The number of hydrogen-bond donors (Lipinski definition) is 1. The van der Waals surface area contributed by atoms with Gasteiger partial charge in [0.05, 0.1) is 29.7 Å². The van der Waals surface area contributed by atoms with Crippen molar-refractivity contribution in [2.45, 2.75) is 19.4 Å². The molecule has 1 N–H and O–H groups in total. The highest BCUT2D eigenvalue weighted by Gasteiger charge is 2.37. The number of H-pyrrole nitrogens is 1. The van der Waals surface area contributed by atoms with E-state index in [2.05, 4.69) is 25.4 Å². The molecule has 2 aromatic heterocycles. The molecule has 0 radical (unpaired) electrons. The smallest absolute Gasteiger partial charge is 0.256 e. The van der Waals surface area contributed by atoms with Gasteiger partial charge >= 0.3 is 0 Å². The van der Waals surface area contributed by atoms with Gasteiger partial charge in [0.2, 0.25) is 0 Å². The number of nitrogens with zero attached hydrogens (tertiary/aromatic N) is 6. The van der Waals surface area contributed by atoms with Crippen LogP contribution in [0, 0.1) is 6.92 Å². The molecule has 29 heavy (non-hydrogen) atoms. The van der Waals surface area contributed by atoms with Crippen LogP contribution in [0.25, 0.3) is 17.1 Å². The lowest BCUT2D eigenvalue weighted by atomic mass is 9.99. The molecule has 5 rings (SSSR count). The zero-order chi connectivity index (χ0) is 19.8. The van der Waals surface area contributed by atoms with E-state index in [0.29, 0.717) is 29.4 Å². The molecular weight excluding hydrogens is 366 g/mol. The summed E-state index contributed by atoms with van der Waals surface area (Å²) in [5, 5.41) is 16.9. The van der Waals surface area contributed by atoms with Crippen molar-refractivity contribution >= 4 is 5.91 Å². The summed E-state index contributed by atoms with van der Waals surface area (Å²) >= 11 is 0. The summed E-state index contributed by atoms with van der Waals surface area (Å²) in [4.78, 5) is 19.9. The Bertz CT molecular complexity index is 1150. The molecule has 8 nitrogen and oxygen atoms in total. The maximum atomic E-state index is 13.4. The Morgan fingerprint density at radius 1 is 1.07 bits per heavy atom. The first-order chi connectivity index (χ1) is 14.2. The fraction of sp³-hybridized carbons (Fsp3) is 0.190. The van der Waals surface area contributed by atoms with Crippen molar-refractivity contribution in [1.82, 2.24) is 35.1 Å². The number of likely N-dealkylation sites (tertiary alicyclic amines) is 1. The van der Waals surface area contributed by atoms with Crippen molar-refractivity contribution in [1.29, 1.82) is 0 Å². The average molecular weight is 385 g/mol. The summed E-state index contributed by atoms with van der Waals surface area (Å²) in [6, 6.07) is 15.4. The van der Waals surface area contributed by atoms with Crippen LogP contribution >= 0.6 is 0 Å². The molecule has 1 atom stereocenters. The first kappa shape index (κ1) is 17.3. The quantitative estimate of drug-likeness (QED) is 0.583. The normalized spacial score (nSPS) is 15.9. The van der Waals surface area contributed by atoms with Crippen molar-refractivity contribution in [3.05, 3.63) is 77.9 Å². The molecule has 1 fully saturated rings. The molecule has 8 heteroatoms. The number of carbonyl (C=O) groups excluding carboxylic acids is 1. The van der Waals surface area contributed by atoms with Crippen LogP contribution in [0.5, 0.6) is 0 Å². The lowest BCUT2D eigenvalue weighted by Gasteiger charge is -2.39. The predicted octanol–water partition coefficient (Wildman–Crippen LogP) is 2.95. The third-order valence-electron chi connectivity index (χ3n) is 5.16. The van der Waals surface area contributed by atoms with Crippen molar-refractivity contribution < 1.29 is 4.79 Å². The van der Waals surface area contributed by atoms with Gasteiger partial charge in [0.15, 0.2) is 11.6 Å². The summed E-state index contributed by atoms with van der Waals surface area (Å²) in [6.07, 6.45) is 4.04. The molecule has 1 aliphatic rings. The molecular formula is C21H19N7O. The van der Waals surface area contributed by atoms with Crippen LogP contribution in [-0.4, -0.2) is 47.5 Å². The Balaban J connectivity index is 1.44. The highest BCUT2D eigenvalue weighted by atomic mass is 16.2. The molecule has 0 aliphatic carbocycles. The van der Waals surface area contributed by atoms with Gasteiger partial charge in [-0.2, -0.15) is 15.0 Å². The second-order valence-corrected chi connectivity index (χ2v) is 7.07. The van der Waals surface area contributed by atoms with E-state index in [4.69, 9.17) is 0 Å². The van der Waals surface area contributed by atoms with Crippen LogP contribution in [0.15, 0.2) is 60.9 Å². The number of amides is 1. The minimum absolute atomic E-state index is 0.0603.